The van der Waals surface area contributed by atoms with E-state index in [1.54, 1.807) is 12.3 Å². The van der Waals surface area contributed by atoms with Gasteiger partial charge in [-0.2, -0.15) is 0 Å². The van der Waals surface area contributed by atoms with Gasteiger partial charge in [-0.25, -0.2) is 4.98 Å². The fraction of sp³-hybridized carbons (Fsp3) is 0.190. The number of pyridine rings is 1. The number of aromatic nitrogens is 2. The van der Waals surface area contributed by atoms with Crippen molar-refractivity contribution in [1.29, 1.82) is 0 Å². The van der Waals surface area contributed by atoms with Gasteiger partial charge in [0.2, 0.25) is 0 Å². The fourth-order valence-corrected chi connectivity index (χ4v) is 3.08. The molecule has 0 unspecified atom stereocenters. The molecule has 6 heteroatoms. The van der Waals surface area contributed by atoms with Gasteiger partial charge in [-0.3, -0.25) is 0 Å². The molecule has 3 heterocycles. The average molecular weight is 363 g/mol. The number of H-pyrrole nitrogens is 1. The molecule has 1 aliphatic heterocycles. The third-order valence-corrected chi connectivity index (χ3v) is 4.53. The largest absolute Gasteiger partial charge is 0.404 e. The molecule has 0 aliphatic carbocycles. The molecule has 0 aromatic carbocycles. The molecule has 3 rings (SSSR count). The number of rotatable bonds is 5. The summed E-state index contributed by atoms with van der Waals surface area (Å²) in [4.78, 5) is 10.1. The highest BCUT2D eigenvalue weighted by molar-refractivity contribution is 5.83. The Morgan fingerprint density at radius 3 is 2.74 bits per heavy atom. The summed E-state index contributed by atoms with van der Waals surface area (Å²) in [5.41, 5.74) is 15.0. The molecular formula is C21H25N5O. The zero-order chi connectivity index (χ0) is 19.2. The number of anilines is 1. The van der Waals surface area contributed by atoms with E-state index < -0.39 is 0 Å². The van der Waals surface area contributed by atoms with Gasteiger partial charge in [-0.1, -0.05) is 31.4 Å². The molecule has 1 aliphatic rings. The van der Waals surface area contributed by atoms with Gasteiger partial charge in [0.25, 0.3) is 0 Å². The second-order valence-electron chi connectivity index (χ2n) is 6.19. The third-order valence-electron chi connectivity index (χ3n) is 4.53. The van der Waals surface area contributed by atoms with Crippen LogP contribution in [0.25, 0.3) is 23.3 Å². The molecule has 0 radical (unpaired) electrons. The SMILES string of the molecule is C=C/C=C\C(=C/N)C(=C)/C=c1\c(=C/N)[nH]c2ncc(N3CCOCC3)cc12. The van der Waals surface area contributed by atoms with Crippen LogP contribution in [-0.2, 0) is 4.74 Å². The van der Waals surface area contributed by atoms with E-state index in [4.69, 9.17) is 16.2 Å². The summed E-state index contributed by atoms with van der Waals surface area (Å²) < 4.78 is 5.44. The molecule has 2 aromatic rings. The van der Waals surface area contributed by atoms with E-state index in [0.29, 0.717) is 0 Å². The third kappa shape index (κ3) is 3.96. The number of hydrogen-bond acceptors (Lipinski definition) is 5. The summed E-state index contributed by atoms with van der Waals surface area (Å²) in [6, 6.07) is 2.13. The maximum absolute atomic E-state index is 5.83. The second-order valence-corrected chi connectivity index (χ2v) is 6.19. The molecule has 1 fully saturated rings. The van der Waals surface area contributed by atoms with Crippen molar-refractivity contribution in [3.8, 4) is 0 Å². The lowest BCUT2D eigenvalue weighted by molar-refractivity contribution is 0.122. The first kappa shape index (κ1) is 18.5. The van der Waals surface area contributed by atoms with Crippen LogP contribution in [0.15, 0.2) is 61.0 Å². The predicted octanol–water partition coefficient (Wildman–Crippen LogP) is 1.02. The molecular weight excluding hydrogens is 338 g/mol. The number of nitrogens with one attached hydrogen (secondary N) is 1. The van der Waals surface area contributed by atoms with Gasteiger partial charge < -0.3 is 26.1 Å². The van der Waals surface area contributed by atoms with Crippen molar-refractivity contribution in [2.24, 2.45) is 11.5 Å². The van der Waals surface area contributed by atoms with Crippen LogP contribution in [0.4, 0.5) is 5.69 Å². The van der Waals surface area contributed by atoms with Gasteiger partial charge in [0.05, 0.1) is 30.4 Å². The molecule has 1 saturated heterocycles. The van der Waals surface area contributed by atoms with Gasteiger partial charge in [0.15, 0.2) is 0 Å². The quantitative estimate of drug-likeness (QED) is 0.690. The highest BCUT2D eigenvalue weighted by Gasteiger charge is 2.13. The molecule has 0 atom stereocenters. The molecule has 6 nitrogen and oxygen atoms in total. The standard InChI is InChI=1S/C21H25N5O/c1-3-4-5-16(12-22)15(2)10-18-19-11-17(26-6-8-27-9-7-26)14-24-21(19)25-20(18)13-23/h3-5,10-14H,1-2,6-9,22-23H2,(H,24,25)/b5-4-,16-12+,18-10-,20-13+. The summed E-state index contributed by atoms with van der Waals surface area (Å²) in [5.74, 6) is 0. The van der Waals surface area contributed by atoms with Crippen LogP contribution in [0.5, 0.6) is 0 Å². The topological polar surface area (TPSA) is 93.2 Å². The van der Waals surface area contributed by atoms with E-state index >= 15 is 0 Å². The van der Waals surface area contributed by atoms with Crippen molar-refractivity contribution in [2.45, 2.75) is 0 Å². The van der Waals surface area contributed by atoms with Crippen LogP contribution in [0.2, 0.25) is 0 Å². The Hall–Kier alpha value is -3.25. The van der Waals surface area contributed by atoms with Crippen molar-refractivity contribution >= 4 is 29.0 Å². The van der Waals surface area contributed by atoms with Gasteiger partial charge >= 0.3 is 0 Å². The Morgan fingerprint density at radius 1 is 1.30 bits per heavy atom. The lowest BCUT2D eigenvalue weighted by Gasteiger charge is -2.28. The van der Waals surface area contributed by atoms with Crippen LogP contribution < -0.4 is 26.9 Å². The normalized spacial score (nSPS) is 17.2. The monoisotopic (exact) mass is 363 g/mol. The lowest BCUT2D eigenvalue weighted by Crippen LogP contribution is -2.36. The van der Waals surface area contributed by atoms with Gasteiger partial charge in [-0.05, 0) is 23.3 Å². The highest BCUT2D eigenvalue weighted by Crippen LogP contribution is 2.18. The molecule has 140 valence electrons. The van der Waals surface area contributed by atoms with E-state index in [0.717, 1.165) is 64.7 Å². The van der Waals surface area contributed by atoms with Crippen molar-refractivity contribution < 1.29 is 4.74 Å². The van der Waals surface area contributed by atoms with Crippen LogP contribution in [-0.4, -0.2) is 36.3 Å². The maximum atomic E-state index is 5.83. The molecule has 0 bridgehead atoms. The molecule has 27 heavy (non-hydrogen) atoms. The number of aromatic amines is 1. The zero-order valence-corrected chi connectivity index (χ0v) is 15.3. The minimum atomic E-state index is 0.725. The predicted molar refractivity (Wildman–Crippen MR) is 112 cm³/mol. The van der Waals surface area contributed by atoms with Crippen LogP contribution in [0.3, 0.4) is 0 Å². The van der Waals surface area contributed by atoms with E-state index in [9.17, 15) is 0 Å². The Kier molecular flexibility index (Phi) is 5.78. The van der Waals surface area contributed by atoms with Crippen molar-refractivity contribution in [3.63, 3.8) is 0 Å². The summed E-state index contributed by atoms with van der Waals surface area (Å²) in [5, 5.41) is 2.72. The van der Waals surface area contributed by atoms with Gasteiger partial charge in [0, 0.05) is 36.1 Å². The Bertz CT molecular complexity index is 1020. The number of morpholine rings is 1. The van der Waals surface area contributed by atoms with Crippen molar-refractivity contribution in [3.05, 3.63) is 71.6 Å². The molecule has 0 saturated carbocycles. The summed E-state index contributed by atoms with van der Waals surface area (Å²) in [7, 11) is 0. The van der Waals surface area contributed by atoms with Crippen LogP contribution in [0, 0.1) is 0 Å². The number of nitrogens with zero attached hydrogens (tertiary/aromatic N) is 2. The smallest absolute Gasteiger partial charge is 0.138 e. The number of nitrogens with two attached hydrogens (primary N) is 2. The minimum Gasteiger partial charge on any atom is -0.404 e. The van der Waals surface area contributed by atoms with E-state index in [2.05, 4.69) is 34.1 Å². The number of fused-ring (bicyclic) bond motifs is 1. The summed E-state index contributed by atoms with van der Waals surface area (Å²) >= 11 is 0. The van der Waals surface area contributed by atoms with Crippen LogP contribution >= 0.6 is 0 Å². The first-order valence-electron chi connectivity index (χ1n) is 8.82. The molecule has 2 aromatic heterocycles. The van der Waals surface area contributed by atoms with Crippen molar-refractivity contribution in [2.75, 3.05) is 31.2 Å². The Labute approximate surface area is 158 Å². The first-order chi connectivity index (χ1) is 13.2. The summed E-state index contributed by atoms with van der Waals surface area (Å²) in [6.07, 6.45) is 12.3. The van der Waals surface area contributed by atoms with Gasteiger partial charge in [-0.15, -0.1) is 0 Å². The molecule has 0 spiro atoms. The van der Waals surface area contributed by atoms with E-state index in [-0.39, 0.29) is 0 Å². The fourth-order valence-electron chi connectivity index (χ4n) is 3.08. The number of hydrogen-bond donors (Lipinski definition) is 3. The molecule has 5 N–H and O–H groups in total. The summed E-state index contributed by atoms with van der Waals surface area (Å²) in [6.45, 7) is 11.0. The number of allylic oxidation sites excluding steroid dienone is 5. The zero-order valence-electron chi connectivity index (χ0n) is 15.3. The lowest BCUT2D eigenvalue weighted by atomic mass is 10.1. The number of ether oxygens (including phenoxy) is 1. The Morgan fingerprint density at radius 2 is 2.07 bits per heavy atom. The van der Waals surface area contributed by atoms with Crippen molar-refractivity contribution in [1.82, 2.24) is 9.97 Å². The van der Waals surface area contributed by atoms with E-state index in [1.807, 2.05) is 24.4 Å². The second kappa shape index (κ2) is 8.42. The van der Waals surface area contributed by atoms with E-state index in [1.165, 1.54) is 6.20 Å². The van der Waals surface area contributed by atoms with Gasteiger partial charge in [0.1, 0.15) is 5.65 Å². The maximum Gasteiger partial charge on any atom is 0.138 e. The van der Waals surface area contributed by atoms with Crippen LogP contribution in [0.1, 0.15) is 0 Å². The Balaban J connectivity index is 2.11. The molecule has 0 amide bonds. The minimum absolute atomic E-state index is 0.725. The highest BCUT2D eigenvalue weighted by atomic mass is 16.5. The first-order valence-corrected chi connectivity index (χ1v) is 8.82. The average Bonchev–Trinajstić information content (AvgIpc) is 3.06.